The van der Waals surface area contributed by atoms with Crippen molar-refractivity contribution < 1.29 is 8.42 Å². The van der Waals surface area contributed by atoms with Crippen LogP contribution >= 0.6 is 23.9 Å². The summed E-state index contributed by atoms with van der Waals surface area (Å²) in [6.07, 6.45) is 1.33. The van der Waals surface area contributed by atoms with Gasteiger partial charge in [-0.3, -0.25) is 0 Å². The molecule has 1 aromatic carbocycles. The third-order valence-electron chi connectivity index (χ3n) is 2.76. The summed E-state index contributed by atoms with van der Waals surface area (Å²) in [5.41, 5.74) is 6.50. The zero-order valence-electron chi connectivity index (χ0n) is 10.7. The Labute approximate surface area is 126 Å². The minimum absolute atomic E-state index is 0.0982. The quantitative estimate of drug-likeness (QED) is 0.778. The Bertz CT molecular complexity index is 726. The second-order valence-corrected chi connectivity index (χ2v) is 6.94. The smallest absolute Gasteiger partial charge is 0.243 e. The Morgan fingerprint density at radius 2 is 2.25 bits per heavy atom. The van der Waals surface area contributed by atoms with Crippen LogP contribution in [0.3, 0.4) is 0 Å². The van der Waals surface area contributed by atoms with E-state index in [2.05, 4.69) is 13.5 Å². The van der Waals surface area contributed by atoms with Gasteiger partial charge in [0.25, 0.3) is 0 Å². The maximum Gasteiger partial charge on any atom is 0.243 e. The molecular weight excluding hydrogens is 316 g/mol. The van der Waals surface area contributed by atoms with Crippen LogP contribution in [0.2, 0.25) is 0 Å². The first-order valence-electron chi connectivity index (χ1n) is 5.98. The zero-order chi connectivity index (χ0) is 14.8. The van der Waals surface area contributed by atoms with Crippen LogP contribution in [0.15, 0.2) is 23.1 Å². The first-order chi connectivity index (χ1) is 9.45. The number of sulfonamides is 1. The van der Waals surface area contributed by atoms with Crippen LogP contribution in [0.1, 0.15) is 19.8 Å². The minimum atomic E-state index is -3.74. The Hall–Kier alpha value is -1.16. The van der Waals surface area contributed by atoms with E-state index < -0.39 is 16.1 Å². The predicted octanol–water partition coefficient (Wildman–Crippen LogP) is 1.42. The average Bonchev–Trinajstić information content (AvgIpc) is 2.85. The first kappa shape index (κ1) is 15.2. The highest BCUT2D eigenvalue weighted by atomic mass is 32.2. The number of nitrogens with two attached hydrogens (primary N) is 1. The summed E-state index contributed by atoms with van der Waals surface area (Å²) < 4.78 is 35.5. The highest BCUT2D eigenvalue weighted by molar-refractivity contribution is 7.90. The summed E-state index contributed by atoms with van der Waals surface area (Å²) in [5.74, 6) is 0. The van der Waals surface area contributed by atoms with Crippen molar-refractivity contribution in [2.45, 2.75) is 30.7 Å². The van der Waals surface area contributed by atoms with Gasteiger partial charge in [-0.15, -0.1) is 0 Å². The van der Waals surface area contributed by atoms with Crippen molar-refractivity contribution in [1.29, 1.82) is 0 Å². The lowest BCUT2D eigenvalue weighted by atomic mass is 10.2. The van der Waals surface area contributed by atoms with Gasteiger partial charge in [-0.25, -0.2) is 13.1 Å². The normalized spacial score (nSPS) is 13.4. The largest absolute Gasteiger partial charge is 0.392 e. The van der Waals surface area contributed by atoms with Crippen molar-refractivity contribution >= 4 is 50.0 Å². The number of fused-ring (bicyclic) bond motifs is 1. The summed E-state index contributed by atoms with van der Waals surface area (Å²) in [6, 6.07) is 4.29. The molecule has 0 aliphatic rings. The molecule has 108 valence electrons. The predicted molar refractivity (Wildman–Crippen MR) is 83.2 cm³/mol. The number of hydrogen-bond acceptors (Lipinski definition) is 6. The van der Waals surface area contributed by atoms with Gasteiger partial charge in [0.05, 0.1) is 22.8 Å². The average molecular weight is 330 g/mol. The van der Waals surface area contributed by atoms with E-state index in [1.165, 1.54) is 6.07 Å². The van der Waals surface area contributed by atoms with Crippen LogP contribution < -0.4 is 10.5 Å². The molecule has 3 N–H and O–H groups in total. The SMILES string of the molecule is CCCC(NS(=O)(=O)c1cccc2nsnc12)C(N)=S. The maximum atomic E-state index is 12.4. The summed E-state index contributed by atoms with van der Waals surface area (Å²) in [7, 11) is -3.74. The highest BCUT2D eigenvalue weighted by Gasteiger charge is 2.24. The summed E-state index contributed by atoms with van der Waals surface area (Å²) in [4.78, 5) is 0.236. The third kappa shape index (κ3) is 3.11. The molecule has 0 saturated carbocycles. The molecular formula is C11H14N4O2S3. The Morgan fingerprint density at radius 1 is 1.50 bits per heavy atom. The summed E-state index contributed by atoms with van der Waals surface area (Å²) in [5, 5.41) is 0. The molecule has 1 unspecified atom stereocenters. The summed E-state index contributed by atoms with van der Waals surface area (Å²) in [6.45, 7) is 1.94. The van der Waals surface area contributed by atoms with Crippen molar-refractivity contribution in [3.8, 4) is 0 Å². The molecule has 0 saturated heterocycles. The van der Waals surface area contributed by atoms with Crippen molar-refractivity contribution in [3.63, 3.8) is 0 Å². The Morgan fingerprint density at radius 3 is 2.90 bits per heavy atom. The zero-order valence-corrected chi connectivity index (χ0v) is 13.2. The highest BCUT2D eigenvalue weighted by Crippen LogP contribution is 2.21. The molecule has 0 spiro atoms. The van der Waals surface area contributed by atoms with Crippen LogP contribution in [0, 0.1) is 0 Å². The van der Waals surface area contributed by atoms with E-state index in [9.17, 15) is 8.42 Å². The number of aromatic nitrogens is 2. The third-order valence-corrected chi connectivity index (χ3v) is 5.09. The lowest BCUT2D eigenvalue weighted by Gasteiger charge is -2.16. The fraction of sp³-hybridized carbons (Fsp3) is 0.364. The van der Waals surface area contributed by atoms with Gasteiger partial charge in [-0.1, -0.05) is 31.6 Å². The monoisotopic (exact) mass is 330 g/mol. The van der Waals surface area contributed by atoms with Crippen molar-refractivity contribution in [2.75, 3.05) is 0 Å². The van der Waals surface area contributed by atoms with Gasteiger partial charge >= 0.3 is 0 Å². The molecule has 9 heteroatoms. The number of nitrogens with zero attached hydrogens (tertiary/aromatic N) is 2. The molecule has 0 aliphatic carbocycles. The second-order valence-electron chi connectivity index (χ2n) is 4.25. The van der Waals surface area contributed by atoms with Gasteiger partial charge in [0.1, 0.15) is 15.9 Å². The van der Waals surface area contributed by atoms with Gasteiger partial charge in [-0.05, 0) is 18.6 Å². The van der Waals surface area contributed by atoms with E-state index in [-0.39, 0.29) is 9.88 Å². The fourth-order valence-corrected chi connectivity index (χ4v) is 4.06. The van der Waals surface area contributed by atoms with E-state index in [0.717, 1.165) is 18.1 Å². The molecule has 0 amide bonds. The van der Waals surface area contributed by atoms with E-state index in [1.807, 2.05) is 6.92 Å². The molecule has 6 nitrogen and oxygen atoms in total. The number of thiocarbonyl (C=S) groups is 1. The number of rotatable bonds is 6. The minimum Gasteiger partial charge on any atom is -0.392 e. The number of hydrogen-bond donors (Lipinski definition) is 2. The van der Waals surface area contributed by atoms with E-state index in [1.54, 1.807) is 12.1 Å². The molecule has 0 bridgehead atoms. The van der Waals surface area contributed by atoms with Crippen molar-refractivity contribution in [1.82, 2.24) is 13.5 Å². The molecule has 20 heavy (non-hydrogen) atoms. The Kier molecular flexibility index (Phi) is 4.63. The van der Waals surface area contributed by atoms with Gasteiger partial charge in [0.15, 0.2) is 0 Å². The molecule has 0 radical (unpaired) electrons. The van der Waals surface area contributed by atoms with Crippen LogP contribution in [-0.4, -0.2) is 28.2 Å². The maximum absolute atomic E-state index is 12.4. The second kappa shape index (κ2) is 6.08. The standard InChI is InChI=1S/C11H14N4O2S3/c1-2-4-8(11(12)18)15-20(16,17)9-6-3-5-7-10(9)14-19-13-7/h3,5-6,8,15H,2,4H2,1H3,(H2,12,18). The summed E-state index contributed by atoms with van der Waals surface area (Å²) >= 11 is 5.88. The van der Waals surface area contributed by atoms with Gasteiger partial charge in [-0.2, -0.15) is 8.75 Å². The van der Waals surface area contributed by atoms with Crippen LogP contribution in [-0.2, 0) is 10.0 Å². The molecule has 2 rings (SSSR count). The molecule has 0 fully saturated rings. The number of nitrogens with one attached hydrogen (secondary N) is 1. The molecule has 1 heterocycles. The van der Waals surface area contributed by atoms with Crippen molar-refractivity contribution in [3.05, 3.63) is 18.2 Å². The van der Waals surface area contributed by atoms with Crippen molar-refractivity contribution in [2.24, 2.45) is 5.73 Å². The lowest BCUT2D eigenvalue weighted by Crippen LogP contribution is -2.43. The van der Waals surface area contributed by atoms with Crippen LogP contribution in [0.25, 0.3) is 11.0 Å². The van der Waals surface area contributed by atoms with Gasteiger partial charge in [0, 0.05) is 0 Å². The van der Waals surface area contributed by atoms with Gasteiger partial charge in [0.2, 0.25) is 10.0 Å². The number of benzene rings is 1. The molecule has 1 aromatic heterocycles. The first-order valence-corrected chi connectivity index (χ1v) is 8.61. The van der Waals surface area contributed by atoms with E-state index in [4.69, 9.17) is 18.0 Å². The topological polar surface area (TPSA) is 98.0 Å². The molecule has 1 atom stereocenters. The Balaban J connectivity index is 2.39. The van der Waals surface area contributed by atoms with Crippen LogP contribution in [0.4, 0.5) is 0 Å². The fourth-order valence-electron chi connectivity index (χ4n) is 1.80. The van der Waals surface area contributed by atoms with Gasteiger partial charge < -0.3 is 5.73 Å². The lowest BCUT2D eigenvalue weighted by molar-refractivity contribution is 0.568. The van der Waals surface area contributed by atoms with Crippen LogP contribution in [0.5, 0.6) is 0 Å². The van der Waals surface area contributed by atoms with E-state index in [0.29, 0.717) is 17.5 Å². The molecule has 0 aliphatic heterocycles. The molecule has 2 aromatic rings. The van der Waals surface area contributed by atoms with E-state index >= 15 is 0 Å².